The van der Waals surface area contributed by atoms with Crippen LogP contribution >= 0.6 is 22.6 Å². The third-order valence-electron chi connectivity index (χ3n) is 2.19. The van der Waals surface area contributed by atoms with E-state index in [4.69, 9.17) is 9.15 Å². The molecule has 1 aromatic rings. The van der Waals surface area contributed by atoms with Crippen molar-refractivity contribution in [2.24, 2.45) is 0 Å². The predicted molar refractivity (Wildman–Crippen MR) is 62.1 cm³/mol. The van der Waals surface area contributed by atoms with Gasteiger partial charge in [0.15, 0.2) is 5.76 Å². The first-order chi connectivity index (χ1) is 6.70. The monoisotopic (exact) mass is 305 g/mol. The third kappa shape index (κ3) is 1.80. The lowest BCUT2D eigenvalue weighted by Gasteiger charge is -2.03. The first-order valence-corrected chi connectivity index (χ1v) is 6.12. The Hall–Kier alpha value is -0.520. The van der Waals surface area contributed by atoms with Gasteiger partial charge in [0.1, 0.15) is 5.76 Å². The quantitative estimate of drug-likeness (QED) is 0.622. The Kier molecular flexibility index (Phi) is 2.80. The molecule has 1 atom stereocenters. The van der Waals surface area contributed by atoms with Crippen molar-refractivity contribution < 1.29 is 9.15 Å². The number of rotatable bonds is 2. The van der Waals surface area contributed by atoms with Crippen LogP contribution in [-0.4, -0.2) is 11.1 Å². The zero-order valence-electron chi connectivity index (χ0n) is 8.21. The molecule has 0 aliphatic carbocycles. The Morgan fingerprint density at radius 1 is 1.64 bits per heavy atom. The van der Waals surface area contributed by atoms with Crippen molar-refractivity contribution in [1.82, 2.24) is 4.98 Å². The van der Waals surface area contributed by atoms with Gasteiger partial charge in [-0.3, -0.25) is 0 Å². The molecule has 2 heterocycles. The maximum atomic E-state index is 5.56. The summed E-state index contributed by atoms with van der Waals surface area (Å²) < 4.78 is 12.0. The van der Waals surface area contributed by atoms with Crippen molar-refractivity contribution in [3.63, 3.8) is 0 Å². The van der Waals surface area contributed by atoms with Crippen molar-refractivity contribution in [2.45, 2.75) is 30.8 Å². The molecule has 1 aliphatic heterocycles. The molecule has 0 fully saturated rings. The maximum absolute atomic E-state index is 5.56. The lowest BCUT2D eigenvalue weighted by molar-refractivity contribution is 0.203. The molecule has 0 bridgehead atoms. The van der Waals surface area contributed by atoms with E-state index >= 15 is 0 Å². The van der Waals surface area contributed by atoms with E-state index in [-0.39, 0.29) is 6.10 Å². The minimum Gasteiger partial charge on any atom is -0.485 e. The van der Waals surface area contributed by atoms with Crippen LogP contribution in [0, 0.1) is 6.92 Å². The number of oxazole rings is 1. The largest absolute Gasteiger partial charge is 0.485 e. The van der Waals surface area contributed by atoms with E-state index in [0.29, 0.717) is 5.89 Å². The highest BCUT2D eigenvalue weighted by molar-refractivity contribution is 14.1. The fourth-order valence-electron chi connectivity index (χ4n) is 1.38. The highest BCUT2D eigenvalue weighted by Crippen LogP contribution is 2.27. The fourth-order valence-corrected chi connectivity index (χ4v) is 2.09. The van der Waals surface area contributed by atoms with Crippen LogP contribution in [0.15, 0.2) is 10.5 Å². The molecule has 76 valence electrons. The molecule has 0 saturated carbocycles. The van der Waals surface area contributed by atoms with Crippen LogP contribution in [0.5, 0.6) is 0 Å². The molecule has 3 nitrogen and oxygen atoms in total. The lowest BCUT2D eigenvalue weighted by atomic mass is 10.3. The normalized spacial score (nSPS) is 20.8. The second-order valence-corrected chi connectivity index (χ2v) is 4.15. The molecule has 4 heteroatoms. The van der Waals surface area contributed by atoms with Crippen LogP contribution in [0.3, 0.4) is 0 Å². The van der Waals surface area contributed by atoms with Gasteiger partial charge in [-0.05, 0) is 19.9 Å². The first kappa shape index (κ1) is 10.0. The Bertz CT molecular complexity index is 370. The molecule has 0 spiro atoms. The summed E-state index contributed by atoms with van der Waals surface area (Å²) in [6, 6.07) is 0. The summed E-state index contributed by atoms with van der Waals surface area (Å²) in [5.74, 6) is 2.30. The Labute approximate surface area is 96.7 Å². The molecule has 1 aromatic heterocycles. The SMILES string of the molecule is Cc1oc(C2=CCC(C)O2)nc1CI. The second kappa shape index (κ2) is 3.92. The van der Waals surface area contributed by atoms with Gasteiger partial charge in [-0.2, -0.15) is 0 Å². The number of hydrogen-bond donors (Lipinski definition) is 0. The van der Waals surface area contributed by atoms with E-state index < -0.39 is 0 Å². The Morgan fingerprint density at radius 2 is 2.43 bits per heavy atom. The van der Waals surface area contributed by atoms with E-state index in [0.717, 1.165) is 28.1 Å². The van der Waals surface area contributed by atoms with Gasteiger partial charge >= 0.3 is 0 Å². The standard InChI is InChI=1S/C10H12INO2/c1-6-3-4-9(13-6)10-12-8(5-11)7(2)14-10/h4,6H,3,5H2,1-2H3. The van der Waals surface area contributed by atoms with Crippen molar-refractivity contribution in [3.05, 3.63) is 23.4 Å². The average molecular weight is 305 g/mol. The zero-order chi connectivity index (χ0) is 10.1. The van der Waals surface area contributed by atoms with Gasteiger partial charge in [-0.15, -0.1) is 0 Å². The number of aromatic nitrogens is 1. The highest BCUT2D eigenvalue weighted by atomic mass is 127. The molecule has 1 aliphatic rings. The van der Waals surface area contributed by atoms with Crippen molar-refractivity contribution in [3.8, 4) is 0 Å². The van der Waals surface area contributed by atoms with Gasteiger partial charge in [0.05, 0.1) is 11.8 Å². The molecule has 0 amide bonds. The van der Waals surface area contributed by atoms with Crippen LogP contribution < -0.4 is 0 Å². The third-order valence-corrected chi connectivity index (χ3v) is 2.92. The van der Waals surface area contributed by atoms with Crippen LogP contribution in [-0.2, 0) is 9.16 Å². The average Bonchev–Trinajstić information content (AvgIpc) is 2.71. The number of alkyl halides is 1. The van der Waals surface area contributed by atoms with Crippen LogP contribution in [0.4, 0.5) is 0 Å². The van der Waals surface area contributed by atoms with Gasteiger partial charge in [0, 0.05) is 10.8 Å². The number of ether oxygens (including phenoxy) is 1. The van der Waals surface area contributed by atoms with Crippen molar-refractivity contribution in [1.29, 1.82) is 0 Å². The number of nitrogens with zero attached hydrogens (tertiary/aromatic N) is 1. The van der Waals surface area contributed by atoms with Gasteiger partial charge in [-0.25, -0.2) is 4.98 Å². The molecular weight excluding hydrogens is 293 g/mol. The number of aryl methyl sites for hydroxylation is 1. The molecule has 14 heavy (non-hydrogen) atoms. The summed E-state index contributed by atoms with van der Waals surface area (Å²) in [5, 5.41) is 0. The molecule has 0 N–H and O–H groups in total. The van der Waals surface area contributed by atoms with Gasteiger partial charge in [-0.1, -0.05) is 22.6 Å². The summed E-state index contributed by atoms with van der Waals surface area (Å²) >= 11 is 2.28. The van der Waals surface area contributed by atoms with Gasteiger partial charge in [0.2, 0.25) is 0 Å². The number of hydrogen-bond acceptors (Lipinski definition) is 3. The highest BCUT2D eigenvalue weighted by Gasteiger charge is 2.20. The molecular formula is C10H12INO2. The van der Waals surface area contributed by atoms with Crippen LogP contribution in [0.25, 0.3) is 5.76 Å². The predicted octanol–water partition coefficient (Wildman–Crippen LogP) is 3.07. The number of halogens is 1. The Balaban J connectivity index is 2.25. The van der Waals surface area contributed by atoms with E-state index in [1.165, 1.54) is 0 Å². The topological polar surface area (TPSA) is 35.3 Å². The smallest absolute Gasteiger partial charge is 0.262 e. The molecule has 1 unspecified atom stereocenters. The van der Waals surface area contributed by atoms with Crippen LogP contribution in [0.2, 0.25) is 0 Å². The molecule has 0 aromatic carbocycles. The zero-order valence-corrected chi connectivity index (χ0v) is 10.4. The van der Waals surface area contributed by atoms with Gasteiger partial charge in [0.25, 0.3) is 5.89 Å². The van der Waals surface area contributed by atoms with Crippen molar-refractivity contribution in [2.75, 3.05) is 0 Å². The minimum atomic E-state index is 0.250. The summed E-state index contributed by atoms with van der Waals surface area (Å²) in [7, 11) is 0. The molecule has 0 radical (unpaired) electrons. The lowest BCUT2D eigenvalue weighted by Crippen LogP contribution is -1.98. The summed E-state index contributed by atoms with van der Waals surface area (Å²) in [6.07, 6.45) is 3.23. The fraction of sp³-hybridized carbons (Fsp3) is 0.500. The molecule has 2 rings (SSSR count). The van der Waals surface area contributed by atoms with Crippen molar-refractivity contribution >= 4 is 28.4 Å². The molecule has 0 saturated heterocycles. The minimum absolute atomic E-state index is 0.250. The van der Waals surface area contributed by atoms with E-state index in [1.54, 1.807) is 0 Å². The second-order valence-electron chi connectivity index (χ2n) is 3.39. The maximum Gasteiger partial charge on any atom is 0.262 e. The summed E-state index contributed by atoms with van der Waals surface area (Å²) in [6.45, 7) is 3.97. The van der Waals surface area contributed by atoms with E-state index in [9.17, 15) is 0 Å². The first-order valence-electron chi connectivity index (χ1n) is 4.60. The summed E-state index contributed by atoms with van der Waals surface area (Å²) in [5.41, 5.74) is 1.00. The van der Waals surface area contributed by atoms with E-state index in [1.807, 2.05) is 19.9 Å². The summed E-state index contributed by atoms with van der Waals surface area (Å²) in [4.78, 5) is 4.38. The van der Waals surface area contributed by atoms with Crippen LogP contribution in [0.1, 0.15) is 30.7 Å². The van der Waals surface area contributed by atoms with Gasteiger partial charge < -0.3 is 9.15 Å². The van der Waals surface area contributed by atoms with E-state index in [2.05, 4.69) is 27.6 Å². The Morgan fingerprint density at radius 3 is 2.93 bits per heavy atom.